The van der Waals surface area contributed by atoms with Crippen LogP contribution in [0.3, 0.4) is 0 Å². The number of nitrogens with zero attached hydrogens (tertiary/aromatic N) is 1. The Hall–Kier alpha value is -1.53. The Morgan fingerprint density at radius 3 is 2.67 bits per heavy atom. The van der Waals surface area contributed by atoms with Crippen molar-refractivity contribution in [3.05, 3.63) is 26.8 Å². The van der Waals surface area contributed by atoms with Crippen molar-refractivity contribution in [2.24, 2.45) is 0 Å². The van der Waals surface area contributed by atoms with E-state index in [1.807, 2.05) is 0 Å². The molecule has 15 heavy (non-hydrogen) atoms. The van der Waals surface area contributed by atoms with Gasteiger partial charge in [0.05, 0.1) is 9.95 Å². The van der Waals surface area contributed by atoms with Crippen molar-refractivity contribution >= 4 is 23.0 Å². The monoisotopic (exact) mass is 232 g/mol. The Balaban J connectivity index is 3.43. The maximum Gasteiger partial charge on any atom is 0.299 e. The van der Waals surface area contributed by atoms with Gasteiger partial charge < -0.3 is 15.9 Å². The zero-order valence-corrected chi connectivity index (χ0v) is 8.36. The average molecular weight is 233 g/mol. The van der Waals surface area contributed by atoms with Gasteiger partial charge in [0.2, 0.25) is 0 Å². The lowest BCUT2D eigenvalue weighted by atomic mass is 10.1. The van der Waals surface area contributed by atoms with Crippen LogP contribution in [0.1, 0.15) is 5.56 Å². The molecule has 0 radical (unpaired) electrons. The smallest absolute Gasteiger partial charge is 0.299 e. The van der Waals surface area contributed by atoms with Crippen LogP contribution in [0.25, 0.3) is 0 Å². The van der Waals surface area contributed by atoms with Crippen LogP contribution < -0.4 is 5.73 Å². The summed E-state index contributed by atoms with van der Waals surface area (Å²) in [6, 6.07) is 1.22. The van der Waals surface area contributed by atoms with E-state index in [1.54, 1.807) is 0 Å². The maximum absolute atomic E-state index is 10.7. The van der Waals surface area contributed by atoms with E-state index >= 15 is 0 Å². The number of anilines is 1. The summed E-state index contributed by atoms with van der Waals surface area (Å²) in [5.41, 5.74) is 4.76. The van der Waals surface area contributed by atoms with Gasteiger partial charge in [-0.25, -0.2) is 0 Å². The van der Waals surface area contributed by atoms with Crippen molar-refractivity contribution in [1.29, 1.82) is 0 Å². The van der Waals surface area contributed by atoms with E-state index in [0.717, 1.165) is 0 Å². The van der Waals surface area contributed by atoms with E-state index in [-0.39, 0.29) is 29.3 Å². The lowest BCUT2D eigenvalue weighted by Crippen LogP contribution is -2.03. The molecule has 6 nitrogen and oxygen atoms in total. The molecule has 0 spiro atoms. The van der Waals surface area contributed by atoms with Gasteiger partial charge >= 0.3 is 0 Å². The minimum atomic E-state index is -0.712. The summed E-state index contributed by atoms with van der Waals surface area (Å²) in [6.07, 6.45) is 0.0561. The molecule has 0 aliphatic carbocycles. The summed E-state index contributed by atoms with van der Waals surface area (Å²) in [6.45, 7) is -0.263. The summed E-state index contributed by atoms with van der Waals surface area (Å²) >= 11 is 5.60. The number of hydrogen-bond donors (Lipinski definition) is 3. The third-order valence-electron chi connectivity index (χ3n) is 1.91. The Labute approximate surface area is 90.0 Å². The summed E-state index contributed by atoms with van der Waals surface area (Å²) in [7, 11) is 0. The number of halogens is 1. The predicted molar refractivity (Wildman–Crippen MR) is 55.0 cm³/mol. The molecular formula is C8H9ClN2O4. The SMILES string of the molecule is Nc1c(O)c(Cl)cc(CCO)c1[N+](=O)[O-]. The topological polar surface area (TPSA) is 110 Å². The van der Waals surface area contributed by atoms with Crippen LogP contribution in [0.4, 0.5) is 11.4 Å². The second kappa shape index (κ2) is 4.33. The number of hydrogen-bond acceptors (Lipinski definition) is 5. The molecule has 0 aliphatic rings. The molecule has 4 N–H and O–H groups in total. The Kier molecular flexibility index (Phi) is 3.33. The van der Waals surface area contributed by atoms with Crippen molar-refractivity contribution < 1.29 is 15.1 Å². The maximum atomic E-state index is 10.7. The van der Waals surface area contributed by atoms with Gasteiger partial charge in [-0.1, -0.05) is 11.6 Å². The van der Waals surface area contributed by atoms with Gasteiger partial charge in [-0.2, -0.15) is 0 Å². The van der Waals surface area contributed by atoms with Crippen LogP contribution in [-0.4, -0.2) is 21.7 Å². The van der Waals surface area contributed by atoms with E-state index < -0.39 is 16.4 Å². The molecule has 0 saturated carbocycles. The van der Waals surface area contributed by atoms with E-state index in [9.17, 15) is 15.2 Å². The number of aliphatic hydroxyl groups is 1. The van der Waals surface area contributed by atoms with Gasteiger partial charge in [-0.3, -0.25) is 10.1 Å². The Morgan fingerprint density at radius 1 is 1.60 bits per heavy atom. The fourth-order valence-corrected chi connectivity index (χ4v) is 1.46. The van der Waals surface area contributed by atoms with Crippen molar-refractivity contribution in [3.8, 4) is 5.75 Å². The van der Waals surface area contributed by atoms with Crippen LogP contribution >= 0.6 is 11.6 Å². The van der Waals surface area contributed by atoms with Crippen LogP contribution in [0.5, 0.6) is 5.75 Å². The van der Waals surface area contributed by atoms with Crippen LogP contribution in [0.2, 0.25) is 5.02 Å². The number of nitrogen functional groups attached to an aromatic ring is 1. The zero-order chi connectivity index (χ0) is 11.6. The molecule has 0 unspecified atom stereocenters. The summed E-state index contributed by atoms with van der Waals surface area (Å²) in [5, 5.41) is 28.6. The molecule has 0 heterocycles. The molecule has 0 aromatic heterocycles. The second-order valence-corrected chi connectivity index (χ2v) is 3.27. The van der Waals surface area contributed by atoms with Crippen molar-refractivity contribution in [1.82, 2.24) is 0 Å². The second-order valence-electron chi connectivity index (χ2n) is 2.86. The number of aromatic hydroxyl groups is 1. The lowest BCUT2D eigenvalue weighted by molar-refractivity contribution is -0.384. The molecule has 1 rings (SSSR count). The molecule has 0 fully saturated rings. The lowest BCUT2D eigenvalue weighted by Gasteiger charge is -2.07. The van der Waals surface area contributed by atoms with Crippen LogP contribution in [0.15, 0.2) is 6.07 Å². The first kappa shape index (κ1) is 11.5. The van der Waals surface area contributed by atoms with E-state index in [2.05, 4.69) is 0 Å². The fourth-order valence-electron chi connectivity index (χ4n) is 1.23. The quantitative estimate of drug-likeness (QED) is 0.313. The number of aliphatic hydroxyl groups excluding tert-OH is 1. The zero-order valence-electron chi connectivity index (χ0n) is 7.61. The van der Waals surface area contributed by atoms with Gasteiger partial charge in [0.1, 0.15) is 0 Å². The van der Waals surface area contributed by atoms with Gasteiger partial charge in [0.25, 0.3) is 5.69 Å². The standard InChI is InChI=1S/C8H9ClN2O4/c9-5-3-4(1-2-12)7(11(14)15)6(10)8(5)13/h3,12-13H,1-2,10H2. The first-order chi connectivity index (χ1) is 6.99. The van der Waals surface area contributed by atoms with Gasteiger partial charge in [0, 0.05) is 18.6 Å². The molecule has 0 atom stereocenters. The molecule has 1 aromatic carbocycles. The van der Waals surface area contributed by atoms with Gasteiger partial charge in [-0.05, 0) is 6.07 Å². The summed E-state index contributed by atoms with van der Waals surface area (Å²) in [5.74, 6) is -0.509. The third-order valence-corrected chi connectivity index (χ3v) is 2.19. The number of benzene rings is 1. The van der Waals surface area contributed by atoms with Crippen molar-refractivity contribution in [2.75, 3.05) is 12.3 Å². The summed E-state index contributed by atoms with van der Waals surface area (Å²) < 4.78 is 0. The third kappa shape index (κ3) is 2.11. The van der Waals surface area contributed by atoms with Gasteiger partial charge in [0.15, 0.2) is 11.4 Å². The largest absolute Gasteiger partial charge is 0.504 e. The molecule has 0 amide bonds. The number of nitrogens with two attached hydrogens (primary N) is 1. The Morgan fingerprint density at radius 2 is 2.20 bits per heavy atom. The van der Waals surface area contributed by atoms with E-state index in [4.69, 9.17) is 22.4 Å². The van der Waals surface area contributed by atoms with Gasteiger partial charge in [-0.15, -0.1) is 0 Å². The molecule has 7 heteroatoms. The van der Waals surface area contributed by atoms with Crippen LogP contribution in [0, 0.1) is 10.1 Å². The minimum Gasteiger partial charge on any atom is -0.504 e. The first-order valence-electron chi connectivity index (χ1n) is 4.04. The predicted octanol–water partition coefficient (Wildman–Crippen LogP) is 1.07. The highest BCUT2D eigenvalue weighted by Crippen LogP contribution is 2.39. The normalized spacial score (nSPS) is 10.3. The molecule has 0 bridgehead atoms. The number of nitro groups is 1. The summed E-state index contributed by atoms with van der Waals surface area (Å²) in [4.78, 5) is 9.96. The highest BCUT2D eigenvalue weighted by molar-refractivity contribution is 6.32. The van der Waals surface area contributed by atoms with Crippen molar-refractivity contribution in [3.63, 3.8) is 0 Å². The average Bonchev–Trinajstić information content (AvgIpc) is 2.14. The highest BCUT2D eigenvalue weighted by atomic mass is 35.5. The minimum absolute atomic E-state index is 0.0561. The van der Waals surface area contributed by atoms with Crippen molar-refractivity contribution in [2.45, 2.75) is 6.42 Å². The molecule has 0 aliphatic heterocycles. The number of nitro benzene ring substituents is 1. The first-order valence-corrected chi connectivity index (χ1v) is 4.42. The van der Waals surface area contributed by atoms with E-state index in [0.29, 0.717) is 0 Å². The van der Waals surface area contributed by atoms with E-state index in [1.165, 1.54) is 6.07 Å². The molecule has 82 valence electrons. The molecule has 0 saturated heterocycles. The number of phenols is 1. The van der Waals surface area contributed by atoms with Crippen LogP contribution in [-0.2, 0) is 6.42 Å². The molecular weight excluding hydrogens is 224 g/mol. The molecule has 1 aromatic rings. The number of phenolic OH excluding ortho intramolecular Hbond substituents is 1. The highest BCUT2D eigenvalue weighted by Gasteiger charge is 2.23. The fraction of sp³-hybridized carbons (Fsp3) is 0.250. The number of rotatable bonds is 3. The Bertz CT molecular complexity index is 408.